The van der Waals surface area contributed by atoms with E-state index in [1.165, 1.54) is 0 Å². The van der Waals surface area contributed by atoms with Crippen molar-refractivity contribution in [2.45, 2.75) is 12.8 Å². The van der Waals surface area contributed by atoms with Gasteiger partial charge in [-0.15, -0.1) is 11.3 Å². The van der Waals surface area contributed by atoms with Crippen LogP contribution in [0.2, 0.25) is 0 Å². The Hall–Kier alpha value is -7.03. The van der Waals surface area contributed by atoms with Gasteiger partial charge in [0.1, 0.15) is 10.5 Å². The maximum absolute atomic E-state index is 6.25. The van der Waals surface area contributed by atoms with Gasteiger partial charge in [-0.2, -0.15) is 4.98 Å². The Labute approximate surface area is 319 Å². The summed E-state index contributed by atoms with van der Waals surface area (Å²) in [5.41, 5.74) is 11.0. The Morgan fingerprint density at radius 2 is 1.27 bits per heavy atom. The first-order valence-corrected chi connectivity index (χ1v) is 19.1. The molecule has 0 N–H and O–H groups in total. The fraction of sp³-hybridized carbons (Fsp3) is 0.0426. The average Bonchev–Trinajstić information content (AvgIpc) is 3.97. The van der Waals surface area contributed by atoms with Gasteiger partial charge < -0.3 is 4.42 Å². The number of hydrogen-bond donors (Lipinski definition) is 0. The Morgan fingerprint density at radius 3 is 2.16 bits per heavy atom. The number of rotatable bonds is 6. The maximum atomic E-state index is 6.25. The van der Waals surface area contributed by atoms with E-state index in [0.717, 1.165) is 100 Å². The molecule has 0 radical (unpaired) electrons. The Balaban J connectivity index is 0.962. The lowest BCUT2D eigenvalue weighted by Gasteiger charge is -2.11. The van der Waals surface area contributed by atoms with Crippen LogP contribution in [0.1, 0.15) is 18.7 Å². The molecule has 0 saturated heterocycles. The number of thiazole rings is 1. The number of benzene rings is 6. The largest absolute Gasteiger partial charge is 0.423 e. The highest BCUT2D eigenvalue weighted by molar-refractivity contribution is 7.21. The summed E-state index contributed by atoms with van der Waals surface area (Å²) in [6.07, 6.45) is 8.25. The Kier molecular flexibility index (Phi) is 7.34. The third-order valence-corrected chi connectivity index (χ3v) is 11.3. The van der Waals surface area contributed by atoms with Crippen molar-refractivity contribution in [3.63, 3.8) is 0 Å². The summed E-state index contributed by atoms with van der Waals surface area (Å²) in [5, 5.41) is 3.25. The fourth-order valence-electron chi connectivity index (χ4n) is 7.49. The van der Waals surface area contributed by atoms with Crippen LogP contribution in [0.25, 0.3) is 99.2 Å². The second-order valence-electron chi connectivity index (χ2n) is 13.7. The molecule has 11 rings (SSSR count). The van der Waals surface area contributed by atoms with Crippen LogP contribution in [0.4, 0.5) is 0 Å². The molecule has 260 valence electrons. The topological polar surface area (TPSA) is 82.5 Å². The van der Waals surface area contributed by atoms with Crippen molar-refractivity contribution in [1.29, 1.82) is 0 Å². The predicted octanol–water partition coefficient (Wildman–Crippen LogP) is 12.1. The second-order valence-corrected chi connectivity index (χ2v) is 14.7. The lowest BCUT2D eigenvalue weighted by atomic mass is 10.0. The molecule has 4 heterocycles. The summed E-state index contributed by atoms with van der Waals surface area (Å²) >= 11 is 1.68. The van der Waals surface area contributed by atoms with E-state index in [-0.39, 0.29) is 0 Å². The van der Waals surface area contributed by atoms with E-state index in [1.807, 2.05) is 54.6 Å². The summed E-state index contributed by atoms with van der Waals surface area (Å²) in [6.45, 7) is 0. The van der Waals surface area contributed by atoms with Crippen LogP contribution in [-0.2, 0) is 0 Å². The van der Waals surface area contributed by atoms with Crippen LogP contribution in [0.15, 0.2) is 162 Å². The molecule has 8 heteroatoms. The van der Waals surface area contributed by atoms with Crippen molar-refractivity contribution in [3.8, 4) is 50.5 Å². The van der Waals surface area contributed by atoms with Crippen LogP contribution in [0, 0.1) is 0 Å². The molecule has 7 nitrogen and oxygen atoms in total. The van der Waals surface area contributed by atoms with Crippen molar-refractivity contribution in [2.75, 3.05) is 0 Å². The number of aromatic nitrogens is 6. The minimum atomic E-state index is 0.563. The van der Waals surface area contributed by atoms with Gasteiger partial charge in [0.2, 0.25) is 0 Å². The van der Waals surface area contributed by atoms with E-state index in [2.05, 4.69) is 108 Å². The molecule has 0 atom stereocenters. The molecule has 0 bridgehead atoms. The average molecular weight is 727 g/mol. The van der Waals surface area contributed by atoms with E-state index < -0.39 is 0 Å². The van der Waals surface area contributed by atoms with Gasteiger partial charge in [0.25, 0.3) is 0 Å². The molecule has 6 aromatic carbocycles. The zero-order valence-corrected chi connectivity index (χ0v) is 30.2. The van der Waals surface area contributed by atoms with Gasteiger partial charge in [-0.05, 0) is 84.1 Å². The molecule has 4 aromatic heterocycles. The predicted molar refractivity (Wildman–Crippen MR) is 223 cm³/mol. The molecule has 0 unspecified atom stereocenters. The first-order chi connectivity index (χ1) is 27.2. The van der Waals surface area contributed by atoms with Gasteiger partial charge in [0.15, 0.2) is 23.1 Å². The van der Waals surface area contributed by atoms with Gasteiger partial charge >= 0.3 is 6.01 Å². The number of fused-ring (bicyclic) bond motifs is 5. The van der Waals surface area contributed by atoms with Crippen LogP contribution >= 0.6 is 11.3 Å². The molecular formula is C47H30N6OS. The Bertz CT molecular complexity index is 3140. The minimum Gasteiger partial charge on any atom is -0.423 e. The number of nitrogens with zero attached hydrogens (tertiary/aromatic N) is 6. The van der Waals surface area contributed by atoms with Crippen LogP contribution < -0.4 is 0 Å². The molecular weight excluding hydrogens is 697 g/mol. The van der Waals surface area contributed by atoms with Crippen molar-refractivity contribution < 1.29 is 4.42 Å². The molecule has 1 aliphatic carbocycles. The molecule has 1 aliphatic rings. The standard InChI is InChI=1S/C47H30N6OS/c1-3-12-29(13-4-1)43-50-44(30-14-5-2-6-15-30)52-45(51-43)33-22-24-38-42(28-33)55-46(48-38)34-17-11-16-31(26-34)32-23-25-40-36(27-32)35-18-7-9-20-39(35)53(40)47-49-37-19-8-10-21-41(37)54-47/h1-5,7-14,16-28H,6,15H2. The number of hydrogen-bond acceptors (Lipinski definition) is 7. The quantitative estimate of drug-likeness (QED) is 0.170. The van der Waals surface area contributed by atoms with Crippen LogP contribution in [-0.4, -0.2) is 29.5 Å². The van der Waals surface area contributed by atoms with Crippen molar-refractivity contribution in [1.82, 2.24) is 29.5 Å². The summed E-state index contributed by atoms with van der Waals surface area (Å²) < 4.78 is 9.45. The zero-order chi connectivity index (χ0) is 36.3. The number of para-hydroxylation sites is 3. The van der Waals surface area contributed by atoms with Gasteiger partial charge in [-0.25, -0.2) is 19.9 Å². The van der Waals surface area contributed by atoms with Crippen LogP contribution in [0.5, 0.6) is 0 Å². The highest BCUT2D eigenvalue weighted by atomic mass is 32.1. The second kappa shape index (κ2) is 12.8. The van der Waals surface area contributed by atoms with Gasteiger partial charge in [-0.3, -0.25) is 4.57 Å². The maximum Gasteiger partial charge on any atom is 0.307 e. The zero-order valence-electron chi connectivity index (χ0n) is 29.4. The molecule has 10 aromatic rings. The van der Waals surface area contributed by atoms with E-state index in [0.29, 0.717) is 17.7 Å². The normalized spacial score (nSPS) is 13.0. The van der Waals surface area contributed by atoms with Crippen molar-refractivity contribution in [3.05, 3.63) is 164 Å². The van der Waals surface area contributed by atoms with E-state index in [1.54, 1.807) is 11.3 Å². The first-order valence-electron chi connectivity index (χ1n) is 18.3. The third kappa shape index (κ3) is 5.54. The molecule has 0 amide bonds. The Morgan fingerprint density at radius 1 is 0.527 bits per heavy atom. The SMILES string of the molecule is C1=CCCC(c2nc(-c3ccccc3)nc(-c3ccc4nc(-c5cccc(-c6ccc7c(c6)c6ccccc6n7-c6nc7ccccc7o6)c5)sc4c3)n2)=C1. The molecule has 0 spiro atoms. The highest BCUT2D eigenvalue weighted by Crippen LogP contribution is 2.38. The lowest BCUT2D eigenvalue weighted by molar-refractivity contribution is 0.574. The smallest absolute Gasteiger partial charge is 0.307 e. The van der Waals surface area contributed by atoms with Gasteiger partial charge in [0.05, 0.1) is 21.3 Å². The summed E-state index contributed by atoms with van der Waals surface area (Å²) in [7, 11) is 0. The highest BCUT2D eigenvalue weighted by Gasteiger charge is 2.19. The molecule has 55 heavy (non-hydrogen) atoms. The third-order valence-electron chi connectivity index (χ3n) is 10.2. The van der Waals surface area contributed by atoms with E-state index >= 15 is 0 Å². The molecule has 0 fully saturated rings. The van der Waals surface area contributed by atoms with Gasteiger partial charge in [-0.1, -0.05) is 103 Å². The van der Waals surface area contributed by atoms with E-state index in [4.69, 9.17) is 29.3 Å². The fourth-order valence-corrected chi connectivity index (χ4v) is 8.49. The van der Waals surface area contributed by atoms with E-state index in [9.17, 15) is 0 Å². The van der Waals surface area contributed by atoms with Crippen molar-refractivity contribution >= 4 is 60.0 Å². The summed E-state index contributed by atoms with van der Waals surface area (Å²) in [6, 6.07) is 48.5. The molecule has 0 saturated carbocycles. The summed E-state index contributed by atoms with van der Waals surface area (Å²) in [4.78, 5) is 24.8. The number of oxazole rings is 1. The summed E-state index contributed by atoms with van der Waals surface area (Å²) in [5.74, 6) is 2.06. The minimum absolute atomic E-state index is 0.563. The molecule has 0 aliphatic heterocycles. The first kappa shape index (κ1) is 31.5. The lowest BCUT2D eigenvalue weighted by Crippen LogP contribution is -2.03. The van der Waals surface area contributed by atoms with Crippen molar-refractivity contribution in [2.24, 2.45) is 0 Å². The number of allylic oxidation sites excluding steroid dienone is 4. The van der Waals surface area contributed by atoms with Crippen LogP contribution in [0.3, 0.4) is 0 Å². The van der Waals surface area contributed by atoms with Gasteiger partial charge in [0, 0.05) is 27.5 Å². The monoisotopic (exact) mass is 726 g/mol.